The quantitative estimate of drug-likeness (QED) is 0.173. The zero-order valence-electron chi connectivity index (χ0n) is 21.7. The molecular formula is C28H42N2O5S. The second kappa shape index (κ2) is 16.1. The monoisotopic (exact) mass is 518 g/mol. The Morgan fingerprint density at radius 3 is 2.19 bits per heavy atom. The third-order valence-corrected chi connectivity index (χ3v) is 7.09. The average Bonchev–Trinajstić information content (AvgIpc) is 2.85. The summed E-state index contributed by atoms with van der Waals surface area (Å²) in [5, 5.41) is 12.7. The van der Waals surface area contributed by atoms with Crippen molar-refractivity contribution in [3.8, 4) is 11.5 Å². The van der Waals surface area contributed by atoms with Gasteiger partial charge in [0.2, 0.25) is 5.91 Å². The molecule has 0 saturated heterocycles. The lowest BCUT2D eigenvalue weighted by Gasteiger charge is -2.23. The molecule has 36 heavy (non-hydrogen) atoms. The van der Waals surface area contributed by atoms with Gasteiger partial charge in [0.05, 0.1) is 5.69 Å². The molecule has 0 aliphatic carbocycles. The largest absolute Gasteiger partial charge is 0.508 e. The Kier molecular flexibility index (Phi) is 13.2. The Morgan fingerprint density at radius 1 is 0.917 bits per heavy atom. The number of unbranched alkanes of at least 4 members (excludes halogenated alkanes) is 8. The van der Waals surface area contributed by atoms with Gasteiger partial charge in [0, 0.05) is 31.3 Å². The van der Waals surface area contributed by atoms with E-state index < -0.39 is 10.1 Å². The lowest BCUT2D eigenvalue weighted by Crippen LogP contribution is -2.36. The molecular weight excluding hydrogens is 476 g/mol. The van der Waals surface area contributed by atoms with E-state index in [-0.39, 0.29) is 29.7 Å². The molecule has 0 bridgehead atoms. The Balaban J connectivity index is 1.92. The van der Waals surface area contributed by atoms with Crippen molar-refractivity contribution in [2.75, 3.05) is 29.1 Å². The first-order chi connectivity index (χ1) is 17.4. The molecule has 0 aliphatic rings. The van der Waals surface area contributed by atoms with Gasteiger partial charge in [-0.05, 0) is 37.6 Å². The van der Waals surface area contributed by atoms with Gasteiger partial charge >= 0.3 is 10.1 Å². The molecule has 0 spiro atoms. The third-order valence-electron chi connectivity index (χ3n) is 5.98. The molecule has 2 aromatic rings. The number of nitrogens with zero attached hydrogens (tertiary/aromatic N) is 1. The number of phenols is 1. The van der Waals surface area contributed by atoms with Gasteiger partial charge in [-0.25, -0.2) is 0 Å². The summed E-state index contributed by atoms with van der Waals surface area (Å²) in [6.45, 7) is 4.61. The van der Waals surface area contributed by atoms with E-state index in [1.807, 2.05) is 37.3 Å². The van der Waals surface area contributed by atoms with Crippen LogP contribution >= 0.6 is 0 Å². The first kappa shape index (κ1) is 29.5. The van der Waals surface area contributed by atoms with Gasteiger partial charge in [-0.15, -0.1) is 0 Å². The van der Waals surface area contributed by atoms with Gasteiger partial charge < -0.3 is 19.5 Å². The maximum atomic E-state index is 13.1. The molecule has 2 rings (SSSR count). The normalized spacial score (nSPS) is 11.3. The first-order valence-electron chi connectivity index (χ1n) is 13.2. The van der Waals surface area contributed by atoms with Crippen LogP contribution in [-0.2, 0) is 14.9 Å². The highest BCUT2D eigenvalue weighted by molar-refractivity contribution is 7.87. The van der Waals surface area contributed by atoms with Crippen molar-refractivity contribution in [1.29, 1.82) is 0 Å². The van der Waals surface area contributed by atoms with Crippen molar-refractivity contribution >= 4 is 27.4 Å². The highest BCUT2D eigenvalue weighted by Gasteiger charge is 2.21. The van der Waals surface area contributed by atoms with Crippen LogP contribution in [0.5, 0.6) is 11.5 Å². The van der Waals surface area contributed by atoms with E-state index in [0.29, 0.717) is 24.3 Å². The van der Waals surface area contributed by atoms with Crippen molar-refractivity contribution < 1.29 is 22.5 Å². The fourth-order valence-electron chi connectivity index (χ4n) is 4.03. The van der Waals surface area contributed by atoms with Gasteiger partial charge in [0.15, 0.2) is 5.75 Å². The molecule has 0 aromatic heterocycles. The number of hydrogen-bond donors (Lipinski definition) is 2. The van der Waals surface area contributed by atoms with Gasteiger partial charge in [-0.3, -0.25) is 4.79 Å². The fourth-order valence-corrected chi connectivity index (χ4v) is 4.94. The highest BCUT2D eigenvalue weighted by Crippen LogP contribution is 2.30. The van der Waals surface area contributed by atoms with E-state index in [1.54, 1.807) is 0 Å². The molecule has 2 aromatic carbocycles. The van der Waals surface area contributed by atoms with Crippen LogP contribution in [0, 0.1) is 0 Å². The SMILES string of the molecule is CCCCCCCCCCCC(=O)N(CCS(=O)(=O)Oc1ccc(O)cc1NCC)c1ccccc1. The summed E-state index contributed by atoms with van der Waals surface area (Å²) in [4.78, 5) is 14.6. The van der Waals surface area contributed by atoms with Gasteiger partial charge in [-0.2, -0.15) is 8.42 Å². The maximum absolute atomic E-state index is 13.1. The van der Waals surface area contributed by atoms with Crippen molar-refractivity contribution in [3.63, 3.8) is 0 Å². The number of rotatable bonds is 18. The Labute approximate surface area is 217 Å². The predicted molar refractivity (Wildman–Crippen MR) is 147 cm³/mol. The van der Waals surface area contributed by atoms with E-state index in [2.05, 4.69) is 12.2 Å². The summed E-state index contributed by atoms with van der Waals surface area (Å²) in [6, 6.07) is 13.3. The standard InChI is InChI=1S/C28H42N2O5S/c1-3-5-6-7-8-9-10-11-15-18-28(32)30(24-16-13-12-14-17-24)21-22-36(33,34)35-27-20-19-25(31)23-26(27)29-4-2/h12-14,16-17,19-20,23,29,31H,3-11,15,18,21-22H2,1-2H3. The minimum atomic E-state index is -3.98. The molecule has 0 saturated carbocycles. The minimum absolute atomic E-state index is 0.00275. The first-order valence-corrected chi connectivity index (χ1v) is 14.8. The van der Waals surface area contributed by atoms with E-state index in [9.17, 15) is 18.3 Å². The maximum Gasteiger partial charge on any atom is 0.311 e. The second-order valence-electron chi connectivity index (χ2n) is 9.02. The molecule has 0 aliphatic heterocycles. The number of carbonyl (C=O) groups is 1. The number of hydrogen-bond acceptors (Lipinski definition) is 6. The summed E-state index contributed by atoms with van der Waals surface area (Å²) in [5.41, 5.74) is 1.06. The number of nitrogens with one attached hydrogen (secondary N) is 1. The average molecular weight is 519 g/mol. The van der Waals surface area contributed by atoms with Crippen LogP contribution < -0.4 is 14.4 Å². The topological polar surface area (TPSA) is 95.9 Å². The molecule has 7 nitrogen and oxygen atoms in total. The van der Waals surface area contributed by atoms with Crippen LogP contribution in [0.4, 0.5) is 11.4 Å². The lowest BCUT2D eigenvalue weighted by molar-refractivity contribution is -0.118. The van der Waals surface area contributed by atoms with Crippen molar-refractivity contribution in [2.24, 2.45) is 0 Å². The number of benzene rings is 2. The fraction of sp³-hybridized carbons (Fsp3) is 0.536. The van der Waals surface area contributed by atoms with Crippen LogP contribution in [0.1, 0.15) is 78.1 Å². The smallest absolute Gasteiger partial charge is 0.311 e. The lowest BCUT2D eigenvalue weighted by atomic mass is 10.1. The Bertz CT molecular complexity index is 1010. The Morgan fingerprint density at radius 2 is 1.56 bits per heavy atom. The molecule has 0 radical (unpaired) electrons. The van der Waals surface area contributed by atoms with Crippen LogP contribution in [0.15, 0.2) is 48.5 Å². The van der Waals surface area contributed by atoms with E-state index in [0.717, 1.165) is 19.3 Å². The van der Waals surface area contributed by atoms with E-state index in [1.165, 1.54) is 61.6 Å². The van der Waals surface area contributed by atoms with Crippen LogP contribution in [0.2, 0.25) is 0 Å². The van der Waals surface area contributed by atoms with Crippen LogP contribution in [0.25, 0.3) is 0 Å². The van der Waals surface area contributed by atoms with Gasteiger partial charge in [0.25, 0.3) is 0 Å². The van der Waals surface area contributed by atoms with Gasteiger partial charge in [0.1, 0.15) is 11.5 Å². The minimum Gasteiger partial charge on any atom is -0.508 e. The zero-order chi connectivity index (χ0) is 26.2. The molecule has 1 amide bonds. The molecule has 0 unspecified atom stereocenters. The molecule has 0 fully saturated rings. The van der Waals surface area contributed by atoms with E-state index in [4.69, 9.17) is 4.18 Å². The van der Waals surface area contributed by atoms with Crippen molar-refractivity contribution in [2.45, 2.75) is 78.1 Å². The summed E-state index contributed by atoms with van der Waals surface area (Å²) in [7, 11) is -3.98. The van der Waals surface area contributed by atoms with Crippen molar-refractivity contribution in [3.05, 3.63) is 48.5 Å². The number of anilines is 2. The van der Waals surface area contributed by atoms with Gasteiger partial charge in [-0.1, -0.05) is 76.5 Å². The second-order valence-corrected chi connectivity index (χ2v) is 10.7. The number of phenolic OH excluding ortho intramolecular Hbond substituents is 1. The zero-order valence-corrected chi connectivity index (χ0v) is 22.6. The number of aromatic hydroxyl groups is 1. The van der Waals surface area contributed by atoms with Crippen molar-refractivity contribution in [1.82, 2.24) is 0 Å². The van der Waals surface area contributed by atoms with Crippen LogP contribution in [0.3, 0.4) is 0 Å². The third kappa shape index (κ3) is 10.9. The van der Waals surface area contributed by atoms with E-state index >= 15 is 0 Å². The number of carbonyl (C=O) groups excluding carboxylic acids is 1. The summed E-state index contributed by atoms with van der Waals surface area (Å²) in [5.74, 6) is -0.315. The molecule has 8 heteroatoms. The highest BCUT2D eigenvalue weighted by atomic mass is 32.2. The molecule has 200 valence electrons. The Hall–Kier alpha value is -2.74. The molecule has 2 N–H and O–H groups in total. The predicted octanol–water partition coefficient (Wildman–Crippen LogP) is 6.49. The molecule has 0 atom stereocenters. The summed E-state index contributed by atoms with van der Waals surface area (Å²) >= 11 is 0. The number of amides is 1. The number of para-hydroxylation sites is 1. The molecule has 0 heterocycles. The van der Waals surface area contributed by atoms with Crippen LogP contribution in [-0.4, -0.2) is 38.3 Å². The summed E-state index contributed by atoms with van der Waals surface area (Å²) < 4.78 is 30.9. The summed E-state index contributed by atoms with van der Waals surface area (Å²) in [6.07, 6.45) is 10.9.